The Morgan fingerprint density at radius 1 is 0.931 bits per heavy atom. The van der Waals surface area contributed by atoms with E-state index in [9.17, 15) is 0 Å². The number of rotatable bonds is 2. The van der Waals surface area contributed by atoms with E-state index in [1.165, 1.54) is 47.2 Å². The molecule has 3 aromatic heterocycles. The minimum Gasteiger partial charge on any atom is -0.357 e. The van der Waals surface area contributed by atoms with Crippen LogP contribution in [0, 0.1) is 6.92 Å². The van der Waals surface area contributed by atoms with Crippen LogP contribution in [0.15, 0.2) is 36.4 Å². The van der Waals surface area contributed by atoms with Gasteiger partial charge in [0.25, 0.3) is 0 Å². The Morgan fingerprint density at radius 3 is 2.45 bits per heavy atom. The Labute approximate surface area is 171 Å². The van der Waals surface area contributed by atoms with Crippen LogP contribution in [0.4, 0.5) is 0 Å². The second kappa shape index (κ2) is 6.58. The number of hydrogen-bond donors (Lipinski definition) is 2. The van der Waals surface area contributed by atoms with Crippen molar-refractivity contribution in [1.29, 1.82) is 0 Å². The fourth-order valence-corrected chi connectivity index (χ4v) is 4.50. The highest BCUT2D eigenvalue weighted by Crippen LogP contribution is 2.36. The summed E-state index contributed by atoms with van der Waals surface area (Å²) in [6.45, 7) is 8.78. The smallest absolute Gasteiger partial charge is 0.111 e. The largest absolute Gasteiger partial charge is 0.357 e. The molecule has 0 atom stereocenters. The van der Waals surface area contributed by atoms with Crippen LogP contribution in [0.3, 0.4) is 0 Å². The molecule has 4 aromatic rings. The Hall–Kier alpha value is -2.88. The number of aromatic amines is 2. The minimum atomic E-state index is 0.0221. The topological polar surface area (TPSA) is 57.4 Å². The van der Waals surface area contributed by atoms with Crippen molar-refractivity contribution in [2.45, 2.75) is 58.8 Å². The fraction of sp³-hybridized carbons (Fsp3) is 0.360. The first-order valence-electron chi connectivity index (χ1n) is 10.6. The Morgan fingerprint density at radius 2 is 1.69 bits per heavy atom. The number of fused-ring (bicyclic) bond motifs is 2. The third-order valence-electron chi connectivity index (χ3n) is 6.16. The van der Waals surface area contributed by atoms with Crippen LogP contribution in [0.25, 0.3) is 33.5 Å². The van der Waals surface area contributed by atoms with Crippen LogP contribution in [0.1, 0.15) is 56.1 Å². The number of aryl methyl sites for hydroxylation is 1. The summed E-state index contributed by atoms with van der Waals surface area (Å²) < 4.78 is 0. The van der Waals surface area contributed by atoms with Gasteiger partial charge in [-0.3, -0.25) is 5.10 Å². The molecule has 0 unspecified atom stereocenters. The molecule has 3 heterocycles. The van der Waals surface area contributed by atoms with Crippen molar-refractivity contribution in [2.24, 2.45) is 0 Å². The van der Waals surface area contributed by atoms with Crippen LogP contribution >= 0.6 is 0 Å². The predicted molar refractivity (Wildman–Crippen MR) is 119 cm³/mol. The summed E-state index contributed by atoms with van der Waals surface area (Å²) in [4.78, 5) is 8.80. The molecule has 4 nitrogen and oxygen atoms in total. The summed E-state index contributed by atoms with van der Waals surface area (Å²) in [5.74, 6) is 0. The van der Waals surface area contributed by atoms with Gasteiger partial charge in [-0.1, -0.05) is 45.0 Å². The van der Waals surface area contributed by atoms with Crippen molar-refractivity contribution in [3.05, 3.63) is 58.9 Å². The lowest BCUT2D eigenvalue weighted by atomic mass is 9.91. The van der Waals surface area contributed by atoms with E-state index >= 15 is 0 Å². The molecule has 5 rings (SSSR count). The minimum absolute atomic E-state index is 0.0221. The first-order chi connectivity index (χ1) is 13.9. The number of hydrogen-bond acceptors (Lipinski definition) is 2. The van der Waals surface area contributed by atoms with Gasteiger partial charge < -0.3 is 4.98 Å². The van der Waals surface area contributed by atoms with Gasteiger partial charge in [0.15, 0.2) is 0 Å². The van der Waals surface area contributed by atoms with Crippen molar-refractivity contribution < 1.29 is 0 Å². The molecule has 4 heteroatoms. The highest BCUT2D eigenvalue weighted by atomic mass is 15.1. The Bertz CT molecular complexity index is 1200. The van der Waals surface area contributed by atoms with Crippen LogP contribution in [0.2, 0.25) is 0 Å². The molecule has 0 radical (unpaired) electrons. The average molecular weight is 385 g/mol. The third-order valence-corrected chi connectivity index (χ3v) is 6.16. The maximum atomic E-state index is 5.14. The van der Waals surface area contributed by atoms with E-state index < -0.39 is 0 Å². The quantitative estimate of drug-likeness (QED) is 0.438. The van der Waals surface area contributed by atoms with Gasteiger partial charge in [0.05, 0.1) is 17.1 Å². The molecule has 0 spiro atoms. The van der Waals surface area contributed by atoms with E-state index in [1.54, 1.807) is 0 Å². The van der Waals surface area contributed by atoms with E-state index in [1.807, 2.05) is 0 Å². The molecule has 1 aliphatic carbocycles. The van der Waals surface area contributed by atoms with Crippen molar-refractivity contribution in [3.63, 3.8) is 0 Å². The SMILES string of the molecule is Cc1[nH]c(-c2cc3ccccc3c(-c3cc(C(C)(C)C)[nH]n3)n2)c2c1CCCC2. The zero-order valence-electron chi connectivity index (χ0n) is 17.7. The van der Waals surface area contributed by atoms with Crippen LogP contribution < -0.4 is 0 Å². The van der Waals surface area contributed by atoms with Crippen LogP contribution in [-0.2, 0) is 18.3 Å². The van der Waals surface area contributed by atoms with E-state index in [-0.39, 0.29) is 5.41 Å². The van der Waals surface area contributed by atoms with Gasteiger partial charge in [0.2, 0.25) is 0 Å². The molecule has 1 aliphatic rings. The normalized spacial score (nSPS) is 14.3. The zero-order chi connectivity index (χ0) is 20.2. The lowest BCUT2D eigenvalue weighted by Crippen LogP contribution is -2.11. The highest BCUT2D eigenvalue weighted by molar-refractivity contribution is 5.96. The lowest BCUT2D eigenvalue weighted by Gasteiger charge is -2.15. The Kier molecular flexibility index (Phi) is 4.12. The van der Waals surface area contributed by atoms with Crippen molar-refractivity contribution in [2.75, 3.05) is 0 Å². The number of nitrogens with one attached hydrogen (secondary N) is 2. The van der Waals surface area contributed by atoms with E-state index in [2.05, 4.69) is 79.3 Å². The van der Waals surface area contributed by atoms with Gasteiger partial charge in [-0.25, -0.2) is 4.98 Å². The molecule has 0 saturated carbocycles. The maximum absolute atomic E-state index is 5.14. The second-order valence-electron chi connectivity index (χ2n) is 9.28. The summed E-state index contributed by atoms with van der Waals surface area (Å²) in [7, 11) is 0. The van der Waals surface area contributed by atoms with E-state index in [0.717, 1.165) is 34.6 Å². The standard InChI is InChI=1S/C25H28N4/c1-15-17-10-7-8-12-19(17)24(26-15)20-13-16-9-5-6-11-18(16)23(27-20)21-14-22(29-28-21)25(2,3)4/h5-6,9,11,13-14,26H,7-8,10,12H2,1-4H3,(H,28,29). The highest BCUT2D eigenvalue weighted by Gasteiger charge is 2.22. The second-order valence-corrected chi connectivity index (χ2v) is 9.28. The van der Waals surface area contributed by atoms with E-state index in [4.69, 9.17) is 4.98 Å². The molecular weight excluding hydrogens is 356 g/mol. The summed E-state index contributed by atoms with van der Waals surface area (Å²) in [6, 6.07) is 12.8. The van der Waals surface area contributed by atoms with Gasteiger partial charge in [0, 0.05) is 22.2 Å². The first kappa shape index (κ1) is 18.2. The zero-order valence-corrected chi connectivity index (χ0v) is 17.7. The molecule has 29 heavy (non-hydrogen) atoms. The number of pyridine rings is 1. The van der Waals surface area contributed by atoms with Crippen LogP contribution in [-0.4, -0.2) is 20.2 Å². The number of benzene rings is 1. The van der Waals surface area contributed by atoms with Gasteiger partial charge in [-0.15, -0.1) is 0 Å². The van der Waals surface area contributed by atoms with Crippen molar-refractivity contribution >= 4 is 10.8 Å². The summed E-state index contributed by atoms with van der Waals surface area (Å²) in [6.07, 6.45) is 4.85. The van der Waals surface area contributed by atoms with Gasteiger partial charge in [-0.2, -0.15) is 5.10 Å². The third kappa shape index (κ3) is 3.07. The molecule has 148 valence electrons. The molecule has 0 saturated heterocycles. The summed E-state index contributed by atoms with van der Waals surface area (Å²) in [5, 5.41) is 10.2. The lowest BCUT2D eigenvalue weighted by molar-refractivity contribution is 0.567. The van der Waals surface area contributed by atoms with Crippen LogP contribution in [0.5, 0.6) is 0 Å². The fourth-order valence-electron chi connectivity index (χ4n) is 4.50. The molecule has 1 aromatic carbocycles. The number of aromatic nitrogens is 4. The summed E-state index contributed by atoms with van der Waals surface area (Å²) >= 11 is 0. The predicted octanol–water partition coefficient (Wildman–Crippen LogP) is 6.10. The maximum Gasteiger partial charge on any atom is 0.111 e. The Balaban J connectivity index is 1.73. The molecule has 2 N–H and O–H groups in total. The summed E-state index contributed by atoms with van der Waals surface area (Å²) in [5.41, 5.74) is 9.46. The monoisotopic (exact) mass is 384 g/mol. The number of H-pyrrole nitrogens is 2. The molecule has 0 aliphatic heterocycles. The molecule has 0 bridgehead atoms. The van der Waals surface area contributed by atoms with E-state index in [0.29, 0.717) is 0 Å². The molecule has 0 amide bonds. The van der Waals surface area contributed by atoms with Crippen molar-refractivity contribution in [1.82, 2.24) is 20.2 Å². The average Bonchev–Trinajstić information content (AvgIpc) is 3.33. The molecular formula is C25H28N4. The van der Waals surface area contributed by atoms with Crippen molar-refractivity contribution in [3.8, 4) is 22.8 Å². The number of nitrogens with zero attached hydrogens (tertiary/aromatic N) is 2. The van der Waals surface area contributed by atoms with Gasteiger partial charge >= 0.3 is 0 Å². The molecule has 0 fully saturated rings. The first-order valence-corrected chi connectivity index (χ1v) is 10.6. The van der Waals surface area contributed by atoms with Gasteiger partial charge in [0.1, 0.15) is 5.69 Å². The van der Waals surface area contributed by atoms with Gasteiger partial charge in [-0.05, 0) is 61.3 Å².